The summed E-state index contributed by atoms with van der Waals surface area (Å²) in [6, 6.07) is 0. The summed E-state index contributed by atoms with van der Waals surface area (Å²) in [5, 5.41) is 0. The van der Waals surface area contributed by atoms with Gasteiger partial charge in [-0.1, -0.05) is 20.8 Å². The first kappa shape index (κ1) is 12.9. The average molecular weight is 234 g/mol. The zero-order valence-corrected chi connectivity index (χ0v) is 10.7. The molecule has 0 atom stereocenters. The van der Waals surface area contributed by atoms with E-state index in [1.807, 2.05) is 0 Å². The van der Waals surface area contributed by atoms with E-state index in [2.05, 4.69) is 25.5 Å². The zero-order chi connectivity index (χ0) is 11.5. The van der Waals surface area contributed by atoms with Crippen molar-refractivity contribution < 1.29 is 8.42 Å². The molecule has 0 spiro atoms. The van der Waals surface area contributed by atoms with Gasteiger partial charge in [0.25, 0.3) is 10.2 Å². The van der Waals surface area contributed by atoms with Crippen LogP contribution in [0.1, 0.15) is 40.0 Å². The van der Waals surface area contributed by atoms with E-state index < -0.39 is 10.2 Å². The molecule has 0 aromatic rings. The summed E-state index contributed by atoms with van der Waals surface area (Å²) in [5.74, 6) is 0. The van der Waals surface area contributed by atoms with Gasteiger partial charge in [0, 0.05) is 19.6 Å². The summed E-state index contributed by atoms with van der Waals surface area (Å²) in [5.41, 5.74) is 0.174. The van der Waals surface area contributed by atoms with Gasteiger partial charge >= 0.3 is 0 Å². The van der Waals surface area contributed by atoms with Crippen LogP contribution >= 0.6 is 0 Å². The molecule has 1 N–H and O–H groups in total. The third-order valence-corrected chi connectivity index (χ3v) is 4.18. The van der Waals surface area contributed by atoms with Gasteiger partial charge in [0.1, 0.15) is 0 Å². The maximum atomic E-state index is 11.7. The van der Waals surface area contributed by atoms with Gasteiger partial charge in [0.15, 0.2) is 0 Å². The molecule has 5 heteroatoms. The summed E-state index contributed by atoms with van der Waals surface area (Å²) >= 11 is 0. The Kier molecular flexibility index (Phi) is 4.14. The number of hydrogen-bond donors (Lipinski definition) is 1. The quantitative estimate of drug-likeness (QED) is 0.798. The van der Waals surface area contributed by atoms with E-state index in [4.69, 9.17) is 0 Å². The maximum absolute atomic E-state index is 11.7. The molecule has 90 valence electrons. The Morgan fingerprint density at radius 1 is 1.20 bits per heavy atom. The van der Waals surface area contributed by atoms with Gasteiger partial charge in [0.2, 0.25) is 0 Å². The predicted octanol–water partition coefficient (Wildman–Crippen LogP) is 1.35. The van der Waals surface area contributed by atoms with Crippen LogP contribution in [0, 0.1) is 5.41 Å². The average Bonchev–Trinajstić information content (AvgIpc) is 2.52. The lowest BCUT2D eigenvalue weighted by atomic mass is 9.93. The third kappa shape index (κ3) is 4.49. The van der Waals surface area contributed by atoms with E-state index in [1.54, 1.807) is 0 Å². The van der Waals surface area contributed by atoms with Crippen LogP contribution in [-0.2, 0) is 10.2 Å². The number of rotatable bonds is 4. The van der Waals surface area contributed by atoms with Crippen molar-refractivity contribution >= 4 is 10.2 Å². The Hall–Kier alpha value is -0.130. The first-order chi connectivity index (χ1) is 6.81. The summed E-state index contributed by atoms with van der Waals surface area (Å²) in [4.78, 5) is 0. The highest BCUT2D eigenvalue weighted by molar-refractivity contribution is 7.87. The third-order valence-electron chi connectivity index (χ3n) is 2.56. The highest BCUT2D eigenvalue weighted by Crippen LogP contribution is 2.18. The van der Waals surface area contributed by atoms with E-state index in [0.717, 1.165) is 19.3 Å². The summed E-state index contributed by atoms with van der Waals surface area (Å²) in [6.07, 6.45) is 2.83. The summed E-state index contributed by atoms with van der Waals surface area (Å²) < 4.78 is 27.7. The molecule has 0 radical (unpaired) electrons. The van der Waals surface area contributed by atoms with Crippen molar-refractivity contribution in [2.45, 2.75) is 40.0 Å². The van der Waals surface area contributed by atoms with E-state index in [-0.39, 0.29) is 5.41 Å². The number of nitrogens with zero attached hydrogens (tertiary/aromatic N) is 1. The van der Waals surface area contributed by atoms with Crippen molar-refractivity contribution in [3.8, 4) is 0 Å². The molecule has 4 nitrogen and oxygen atoms in total. The monoisotopic (exact) mass is 234 g/mol. The van der Waals surface area contributed by atoms with Crippen molar-refractivity contribution in [1.29, 1.82) is 0 Å². The molecule has 1 saturated heterocycles. The van der Waals surface area contributed by atoms with Crippen LogP contribution in [0.2, 0.25) is 0 Å². The summed E-state index contributed by atoms with van der Waals surface area (Å²) in [7, 11) is -3.20. The second-order valence-corrected chi connectivity index (χ2v) is 7.07. The molecule has 0 aromatic carbocycles. The molecule has 1 heterocycles. The molecule has 1 aliphatic rings. The van der Waals surface area contributed by atoms with Gasteiger partial charge in [-0.15, -0.1) is 0 Å². The van der Waals surface area contributed by atoms with Crippen LogP contribution in [0.3, 0.4) is 0 Å². The second kappa shape index (κ2) is 4.80. The van der Waals surface area contributed by atoms with Crippen LogP contribution < -0.4 is 4.72 Å². The van der Waals surface area contributed by atoms with Crippen LogP contribution in [0.25, 0.3) is 0 Å². The minimum atomic E-state index is -3.20. The number of hydrogen-bond acceptors (Lipinski definition) is 2. The van der Waals surface area contributed by atoms with Crippen LogP contribution in [0.5, 0.6) is 0 Å². The second-order valence-electron chi connectivity index (χ2n) is 5.32. The van der Waals surface area contributed by atoms with Gasteiger partial charge in [-0.05, 0) is 24.7 Å². The van der Waals surface area contributed by atoms with Crippen LogP contribution in [-0.4, -0.2) is 32.4 Å². The Balaban J connectivity index is 2.37. The lowest BCUT2D eigenvalue weighted by molar-refractivity contribution is 0.374. The van der Waals surface area contributed by atoms with Crippen molar-refractivity contribution in [2.24, 2.45) is 5.41 Å². The van der Waals surface area contributed by atoms with E-state index in [1.165, 1.54) is 4.31 Å². The van der Waals surface area contributed by atoms with Crippen LogP contribution in [0.15, 0.2) is 0 Å². The minimum absolute atomic E-state index is 0.174. The lowest BCUT2D eigenvalue weighted by Gasteiger charge is -2.20. The fraction of sp³-hybridized carbons (Fsp3) is 1.00. The molecule has 0 amide bonds. The molecular weight excluding hydrogens is 212 g/mol. The molecule has 0 bridgehead atoms. The molecule has 1 aliphatic heterocycles. The van der Waals surface area contributed by atoms with Crippen molar-refractivity contribution in [3.63, 3.8) is 0 Å². The Bertz CT molecular complexity index is 287. The Morgan fingerprint density at radius 3 is 2.20 bits per heavy atom. The highest BCUT2D eigenvalue weighted by atomic mass is 32.2. The van der Waals surface area contributed by atoms with Gasteiger partial charge < -0.3 is 0 Å². The van der Waals surface area contributed by atoms with Gasteiger partial charge in [-0.2, -0.15) is 12.7 Å². The Morgan fingerprint density at radius 2 is 1.73 bits per heavy atom. The van der Waals surface area contributed by atoms with E-state index >= 15 is 0 Å². The van der Waals surface area contributed by atoms with Crippen LogP contribution in [0.4, 0.5) is 0 Å². The van der Waals surface area contributed by atoms with E-state index in [9.17, 15) is 8.42 Å². The molecular formula is C10H22N2O2S. The molecule has 0 aromatic heterocycles. The molecule has 1 rings (SSSR count). The highest BCUT2D eigenvalue weighted by Gasteiger charge is 2.24. The van der Waals surface area contributed by atoms with Crippen molar-refractivity contribution in [3.05, 3.63) is 0 Å². The predicted molar refractivity (Wildman–Crippen MR) is 61.8 cm³/mol. The molecule has 1 fully saturated rings. The molecule has 0 unspecified atom stereocenters. The normalized spacial score (nSPS) is 19.7. The number of nitrogens with one attached hydrogen (secondary N) is 1. The molecule has 15 heavy (non-hydrogen) atoms. The van der Waals surface area contributed by atoms with Crippen molar-refractivity contribution in [1.82, 2.24) is 9.03 Å². The lowest BCUT2D eigenvalue weighted by Crippen LogP contribution is -2.39. The molecule has 0 saturated carbocycles. The summed E-state index contributed by atoms with van der Waals surface area (Å²) in [6.45, 7) is 8.20. The topological polar surface area (TPSA) is 49.4 Å². The van der Waals surface area contributed by atoms with E-state index in [0.29, 0.717) is 19.6 Å². The van der Waals surface area contributed by atoms with Gasteiger partial charge in [-0.25, -0.2) is 4.72 Å². The fourth-order valence-electron chi connectivity index (χ4n) is 1.57. The SMILES string of the molecule is CC(C)(C)CCNS(=O)(=O)N1CCCC1. The first-order valence-corrected chi connectivity index (χ1v) is 7.00. The fourth-order valence-corrected chi connectivity index (χ4v) is 2.86. The largest absolute Gasteiger partial charge is 0.279 e. The zero-order valence-electron chi connectivity index (χ0n) is 9.91. The standard InChI is InChI=1S/C10H22N2O2S/c1-10(2,3)6-7-11-15(13,14)12-8-4-5-9-12/h11H,4-9H2,1-3H3. The molecule has 0 aliphatic carbocycles. The minimum Gasteiger partial charge on any atom is -0.202 e. The smallest absolute Gasteiger partial charge is 0.202 e. The Labute approximate surface area is 93.2 Å². The van der Waals surface area contributed by atoms with Gasteiger partial charge in [0.05, 0.1) is 0 Å². The van der Waals surface area contributed by atoms with Crippen molar-refractivity contribution in [2.75, 3.05) is 19.6 Å². The van der Waals surface area contributed by atoms with Gasteiger partial charge in [-0.3, -0.25) is 0 Å². The first-order valence-electron chi connectivity index (χ1n) is 5.56. The maximum Gasteiger partial charge on any atom is 0.279 e.